The van der Waals surface area contributed by atoms with Crippen molar-refractivity contribution in [1.29, 1.82) is 0 Å². The predicted molar refractivity (Wildman–Crippen MR) is 246 cm³/mol. The lowest BCUT2D eigenvalue weighted by molar-refractivity contribution is -0.167. The maximum atomic E-state index is 12.7. The molecule has 324 valence electrons. The van der Waals surface area contributed by atoms with Crippen molar-refractivity contribution in [2.75, 3.05) is 13.2 Å². The molecule has 0 spiro atoms. The molecule has 0 bridgehead atoms. The van der Waals surface area contributed by atoms with Gasteiger partial charge in [0.05, 0.1) is 0 Å². The first-order chi connectivity index (χ1) is 28.5. The summed E-state index contributed by atoms with van der Waals surface area (Å²) in [6.07, 6.45) is 61.8. The van der Waals surface area contributed by atoms with Crippen LogP contribution in [-0.2, 0) is 28.6 Å². The fourth-order valence-corrected chi connectivity index (χ4v) is 5.55. The topological polar surface area (TPSA) is 78.9 Å². The Hall–Kier alpha value is -4.19. The van der Waals surface area contributed by atoms with E-state index in [1.807, 2.05) is 72.9 Å². The first-order valence-electron chi connectivity index (χ1n) is 22.6. The highest BCUT2D eigenvalue weighted by molar-refractivity contribution is 5.71. The number of ether oxygens (including phenoxy) is 3. The van der Waals surface area contributed by atoms with Gasteiger partial charge in [-0.05, 0) is 70.6 Å². The summed E-state index contributed by atoms with van der Waals surface area (Å²) in [5, 5.41) is 0. The van der Waals surface area contributed by atoms with Gasteiger partial charge in [0.1, 0.15) is 13.2 Å². The first-order valence-corrected chi connectivity index (χ1v) is 22.6. The molecule has 6 nitrogen and oxygen atoms in total. The Kier molecular flexibility index (Phi) is 42.2. The second kappa shape index (κ2) is 45.5. The zero-order valence-electron chi connectivity index (χ0n) is 36.8. The van der Waals surface area contributed by atoms with E-state index in [2.05, 4.69) is 69.4 Å². The molecule has 0 aliphatic heterocycles. The number of esters is 3. The minimum absolute atomic E-state index is 0.111. The second-order valence-electron chi connectivity index (χ2n) is 14.4. The van der Waals surface area contributed by atoms with E-state index in [1.54, 1.807) is 0 Å². The van der Waals surface area contributed by atoms with Crippen molar-refractivity contribution in [3.8, 4) is 0 Å². The van der Waals surface area contributed by atoms with Crippen LogP contribution in [0.5, 0.6) is 0 Å². The van der Waals surface area contributed by atoms with Gasteiger partial charge in [0.25, 0.3) is 0 Å². The number of carbonyl (C=O) groups excluding carboxylic acids is 3. The summed E-state index contributed by atoms with van der Waals surface area (Å²) in [5.74, 6) is -1.02. The van der Waals surface area contributed by atoms with Crippen LogP contribution >= 0.6 is 0 Å². The molecule has 0 aromatic rings. The van der Waals surface area contributed by atoms with Gasteiger partial charge in [0, 0.05) is 19.3 Å². The van der Waals surface area contributed by atoms with Crippen LogP contribution in [0.2, 0.25) is 0 Å². The van der Waals surface area contributed by atoms with Crippen LogP contribution in [0.4, 0.5) is 0 Å². The molecule has 0 N–H and O–H groups in total. The number of hydrogen-bond acceptors (Lipinski definition) is 6. The van der Waals surface area contributed by atoms with E-state index in [1.165, 1.54) is 38.5 Å². The molecule has 0 rings (SSSR count). The van der Waals surface area contributed by atoms with Crippen molar-refractivity contribution in [1.82, 2.24) is 0 Å². The van der Waals surface area contributed by atoms with Crippen molar-refractivity contribution >= 4 is 17.9 Å². The highest BCUT2D eigenvalue weighted by atomic mass is 16.6. The molecule has 6 heteroatoms. The Morgan fingerprint density at radius 2 is 0.759 bits per heavy atom. The summed E-state index contributed by atoms with van der Waals surface area (Å²) in [7, 11) is 0. The third-order valence-corrected chi connectivity index (χ3v) is 8.91. The smallest absolute Gasteiger partial charge is 0.306 e. The molecule has 0 radical (unpaired) electrons. The molecule has 0 saturated carbocycles. The zero-order chi connectivity index (χ0) is 42.3. The number of unbranched alkanes of at least 4 members (excludes halogenated alkanes) is 13. The lowest BCUT2D eigenvalue weighted by Gasteiger charge is -2.18. The van der Waals surface area contributed by atoms with Gasteiger partial charge >= 0.3 is 17.9 Å². The van der Waals surface area contributed by atoms with Crippen LogP contribution < -0.4 is 0 Å². The molecular formula is C52H80O6. The summed E-state index contributed by atoms with van der Waals surface area (Å²) in [6.45, 7) is 6.24. The third-order valence-electron chi connectivity index (χ3n) is 8.91. The molecule has 0 fully saturated rings. The average Bonchev–Trinajstić information content (AvgIpc) is 3.22. The van der Waals surface area contributed by atoms with Crippen molar-refractivity contribution in [2.24, 2.45) is 0 Å². The van der Waals surface area contributed by atoms with E-state index in [9.17, 15) is 14.4 Å². The maximum absolute atomic E-state index is 12.7. The summed E-state index contributed by atoms with van der Waals surface area (Å²) < 4.78 is 16.6. The quantitative estimate of drug-likeness (QED) is 0.0203. The number of allylic oxidation sites excluding steroid dienone is 20. The summed E-state index contributed by atoms with van der Waals surface area (Å²) in [4.78, 5) is 37.7. The fourth-order valence-electron chi connectivity index (χ4n) is 5.55. The van der Waals surface area contributed by atoms with Crippen molar-refractivity contribution in [3.63, 3.8) is 0 Å². The first kappa shape index (κ1) is 53.8. The third kappa shape index (κ3) is 42.9. The van der Waals surface area contributed by atoms with Crippen molar-refractivity contribution < 1.29 is 28.6 Å². The zero-order valence-corrected chi connectivity index (χ0v) is 36.8. The van der Waals surface area contributed by atoms with Gasteiger partial charge in [-0.1, -0.05) is 200 Å². The lowest BCUT2D eigenvalue weighted by atomic mass is 10.1. The van der Waals surface area contributed by atoms with Gasteiger partial charge in [0.15, 0.2) is 6.10 Å². The summed E-state index contributed by atoms with van der Waals surface area (Å²) in [5.41, 5.74) is 0. The Morgan fingerprint density at radius 3 is 1.29 bits per heavy atom. The molecule has 0 aliphatic rings. The van der Waals surface area contributed by atoms with E-state index in [0.29, 0.717) is 19.3 Å². The highest BCUT2D eigenvalue weighted by Gasteiger charge is 2.19. The van der Waals surface area contributed by atoms with Crippen LogP contribution in [0.1, 0.15) is 168 Å². The number of hydrogen-bond donors (Lipinski definition) is 0. The average molecular weight is 801 g/mol. The standard InChI is InChI=1S/C52H80O6/c1-4-7-10-13-16-19-21-23-24-25-26-27-28-29-31-33-36-39-42-45-51(54)57-48-49(47-56-50(53)44-41-38-35-32-18-15-12-9-6-3)58-52(55)46-43-40-37-34-30-22-20-17-14-11-8-5-2/h7-8,10-11,13,16-17,19-21,23-31,34,49H,4-6,9,12,14-15,18,22,32-33,35-48H2,1-3H3/b10-7-,11-8-,16-13-,20-17-,21-19-,24-23-,26-25+,28-27-,31-29-,34-30-. The van der Waals surface area contributed by atoms with Gasteiger partial charge in [-0.15, -0.1) is 0 Å². The SMILES string of the molecule is CC\C=C/C=C\C=C/C=C\C=C\C=C/C=C\CCCCCC(=O)OCC(COC(=O)CCCCCCCCCCC)OC(=O)CCCC/C=C\C/C=C\C/C=C\CC. The van der Waals surface area contributed by atoms with Gasteiger partial charge in [-0.25, -0.2) is 0 Å². The highest BCUT2D eigenvalue weighted by Crippen LogP contribution is 2.12. The Balaban J connectivity index is 4.53. The Labute approximate surface area is 354 Å². The molecule has 0 amide bonds. The predicted octanol–water partition coefficient (Wildman–Crippen LogP) is 14.6. The fraction of sp³-hybridized carbons (Fsp3) is 0.558. The largest absolute Gasteiger partial charge is 0.462 e. The monoisotopic (exact) mass is 801 g/mol. The minimum atomic E-state index is -0.816. The lowest BCUT2D eigenvalue weighted by Crippen LogP contribution is -2.30. The maximum Gasteiger partial charge on any atom is 0.306 e. The van der Waals surface area contributed by atoms with E-state index in [4.69, 9.17) is 14.2 Å². The molecule has 0 aliphatic carbocycles. The molecule has 0 heterocycles. The molecule has 0 saturated heterocycles. The van der Waals surface area contributed by atoms with E-state index >= 15 is 0 Å². The number of rotatable bonds is 38. The van der Waals surface area contributed by atoms with Gasteiger partial charge in [-0.3, -0.25) is 14.4 Å². The van der Waals surface area contributed by atoms with Gasteiger partial charge in [-0.2, -0.15) is 0 Å². The second-order valence-corrected chi connectivity index (χ2v) is 14.4. The molecule has 1 unspecified atom stereocenters. The Bertz CT molecular complexity index is 1290. The van der Waals surface area contributed by atoms with Crippen LogP contribution in [0.25, 0.3) is 0 Å². The van der Waals surface area contributed by atoms with Crippen LogP contribution in [-0.4, -0.2) is 37.2 Å². The molecule has 0 aromatic carbocycles. The minimum Gasteiger partial charge on any atom is -0.462 e. The van der Waals surface area contributed by atoms with Crippen molar-refractivity contribution in [3.05, 3.63) is 122 Å². The summed E-state index contributed by atoms with van der Waals surface area (Å²) in [6, 6.07) is 0. The van der Waals surface area contributed by atoms with Crippen LogP contribution in [0.15, 0.2) is 122 Å². The molecular weight excluding hydrogens is 721 g/mol. The molecule has 0 aromatic heterocycles. The Morgan fingerprint density at radius 1 is 0.379 bits per heavy atom. The number of carbonyl (C=O) groups is 3. The van der Waals surface area contributed by atoms with E-state index in [0.717, 1.165) is 83.5 Å². The molecule has 1 atom stereocenters. The van der Waals surface area contributed by atoms with Gasteiger partial charge in [0.2, 0.25) is 0 Å². The summed E-state index contributed by atoms with van der Waals surface area (Å²) >= 11 is 0. The normalized spacial score (nSPS) is 13.2. The van der Waals surface area contributed by atoms with Crippen LogP contribution in [0.3, 0.4) is 0 Å². The van der Waals surface area contributed by atoms with E-state index < -0.39 is 6.10 Å². The van der Waals surface area contributed by atoms with Crippen molar-refractivity contribution in [2.45, 2.75) is 175 Å². The van der Waals surface area contributed by atoms with Gasteiger partial charge < -0.3 is 14.2 Å². The molecule has 58 heavy (non-hydrogen) atoms. The van der Waals surface area contributed by atoms with E-state index in [-0.39, 0.29) is 37.5 Å². The van der Waals surface area contributed by atoms with Crippen LogP contribution in [0, 0.1) is 0 Å².